The second-order valence-corrected chi connectivity index (χ2v) is 15.4. The van der Waals surface area contributed by atoms with E-state index in [9.17, 15) is 0 Å². The Hall–Kier alpha value is -7.56. The fraction of sp³-hybridized carbons (Fsp3) is 0.0545. The maximum absolute atomic E-state index is 4.65. The monoisotopic (exact) mass is 756 g/mol. The molecular formula is C55H40N4. The van der Waals surface area contributed by atoms with Gasteiger partial charge in [-0.2, -0.15) is 0 Å². The maximum atomic E-state index is 4.65. The molecule has 0 unspecified atom stereocenters. The van der Waals surface area contributed by atoms with Crippen LogP contribution in [0.2, 0.25) is 0 Å². The van der Waals surface area contributed by atoms with Crippen LogP contribution in [0.5, 0.6) is 0 Å². The molecule has 0 amide bonds. The smallest absolute Gasteiger partial charge is 0.0645 e. The molecule has 0 saturated heterocycles. The van der Waals surface area contributed by atoms with Gasteiger partial charge in [0.1, 0.15) is 0 Å². The zero-order valence-corrected chi connectivity index (χ0v) is 32.8. The van der Waals surface area contributed by atoms with Gasteiger partial charge in [-0.15, -0.1) is 0 Å². The van der Waals surface area contributed by atoms with Crippen molar-refractivity contribution in [3.63, 3.8) is 0 Å². The molecule has 280 valence electrons. The van der Waals surface area contributed by atoms with Crippen molar-refractivity contribution in [1.82, 2.24) is 19.1 Å². The average molecular weight is 757 g/mol. The lowest BCUT2D eigenvalue weighted by molar-refractivity contribution is 1.02. The van der Waals surface area contributed by atoms with Crippen molar-refractivity contribution in [3.05, 3.63) is 217 Å². The highest BCUT2D eigenvalue weighted by molar-refractivity contribution is 6.25. The van der Waals surface area contributed by atoms with Crippen LogP contribution in [0.1, 0.15) is 29.7 Å². The van der Waals surface area contributed by atoms with Crippen molar-refractivity contribution in [1.29, 1.82) is 0 Å². The summed E-state index contributed by atoms with van der Waals surface area (Å²) in [5, 5.41) is 7.39. The Morgan fingerprint density at radius 3 is 1.92 bits per heavy atom. The first-order chi connectivity index (χ1) is 29.2. The average Bonchev–Trinajstić information content (AvgIpc) is 3.86. The van der Waals surface area contributed by atoms with E-state index < -0.39 is 0 Å². The van der Waals surface area contributed by atoms with Crippen molar-refractivity contribution in [2.45, 2.75) is 19.8 Å². The normalized spacial score (nSPS) is 13.2. The lowest BCUT2D eigenvalue weighted by atomic mass is 9.90. The van der Waals surface area contributed by atoms with Crippen LogP contribution < -0.4 is 5.22 Å². The van der Waals surface area contributed by atoms with Gasteiger partial charge < -0.3 is 9.13 Å². The van der Waals surface area contributed by atoms with E-state index in [4.69, 9.17) is 0 Å². The predicted octanol–water partition coefficient (Wildman–Crippen LogP) is 13.1. The zero-order chi connectivity index (χ0) is 39.3. The highest BCUT2D eigenvalue weighted by atomic mass is 15.0. The van der Waals surface area contributed by atoms with Gasteiger partial charge in [0.25, 0.3) is 0 Å². The van der Waals surface area contributed by atoms with Crippen LogP contribution in [0, 0.1) is 6.92 Å². The van der Waals surface area contributed by atoms with Crippen molar-refractivity contribution in [3.8, 4) is 44.9 Å². The van der Waals surface area contributed by atoms with E-state index in [0.29, 0.717) is 0 Å². The van der Waals surface area contributed by atoms with E-state index >= 15 is 0 Å². The Balaban J connectivity index is 1.26. The Morgan fingerprint density at radius 1 is 0.576 bits per heavy atom. The molecule has 1 aliphatic carbocycles. The summed E-state index contributed by atoms with van der Waals surface area (Å²) >= 11 is 0. The lowest BCUT2D eigenvalue weighted by Crippen LogP contribution is -2.06. The molecule has 4 heteroatoms. The van der Waals surface area contributed by atoms with Gasteiger partial charge in [-0.1, -0.05) is 133 Å². The second-order valence-electron chi connectivity index (χ2n) is 15.4. The quantitative estimate of drug-likeness (QED) is 0.162. The molecule has 59 heavy (non-hydrogen) atoms. The number of allylic oxidation sites excluding steroid dienone is 4. The summed E-state index contributed by atoms with van der Waals surface area (Å²) in [5.41, 5.74) is 15.2. The number of rotatable bonds is 7. The van der Waals surface area contributed by atoms with Crippen LogP contribution in [0.4, 0.5) is 0 Å². The molecule has 6 aromatic carbocycles. The SMILES string of the molecule is Cc1ccc2cc3c(-c4ccccc4)c(C4=CCCC=C4)n(-c4cccnc4)c3c3cc/c(=C/c4cn(-c5cccnc5)c(-c5ccccc5)c4-c4ccccc4)c1c23. The summed E-state index contributed by atoms with van der Waals surface area (Å²) in [4.78, 5) is 9.19. The third kappa shape index (κ3) is 5.83. The first-order valence-electron chi connectivity index (χ1n) is 20.4. The van der Waals surface area contributed by atoms with Gasteiger partial charge in [-0.05, 0) is 105 Å². The fourth-order valence-electron chi connectivity index (χ4n) is 9.31. The molecule has 0 N–H and O–H groups in total. The minimum Gasteiger partial charge on any atom is -0.314 e. The number of aryl methyl sites for hydroxylation is 1. The van der Waals surface area contributed by atoms with Gasteiger partial charge in [0, 0.05) is 46.1 Å². The number of hydrogen-bond acceptors (Lipinski definition) is 2. The first-order valence-corrected chi connectivity index (χ1v) is 20.4. The molecule has 10 aromatic rings. The molecule has 4 nitrogen and oxygen atoms in total. The molecule has 11 rings (SSSR count). The first kappa shape index (κ1) is 34.7. The summed E-state index contributed by atoms with van der Waals surface area (Å²) in [6.07, 6.45) is 21.4. The summed E-state index contributed by atoms with van der Waals surface area (Å²) in [6.45, 7) is 2.25. The number of aromatic nitrogens is 4. The molecule has 0 saturated carbocycles. The van der Waals surface area contributed by atoms with Crippen LogP contribution >= 0.6 is 0 Å². The molecule has 0 aliphatic heterocycles. The van der Waals surface area contributed by atoms with Gasteiger partial charge >= 0.3 is 0 Å². The van der Waals surface area contributed by atoms with Crippen molar-refractivity contribution in [2.75, 3.05) is 0 Å². The largest absolute Gasteiger partial charge is 0.314 e. The van der Waals surface area contributed by atoms with Gasteiger partial charge in [0.05, 0.1) is 40.7 Å². The molecular weight excluding hydrogens is 717 g/mol. The van der Waals surface area contributed by atoms with Crippen LogP contribution in [-0.4, -0.2) is 19.1 Å². The topological polar surface area (TPSA) is 35.6 Å². The number of hydrogen-bond donors (Lipinski definition) is 0. The highest BCUT2D eigenvalue weighted by Crippen LogP contribution is 2.46. The van der Waals surface area contributed by atoms with Gasteiger partial charge in [-0.25, -0.2) is 0 Å². The summed E-state index contributed by atoms with van der Waals surface area (Å²) in [7, 11) is 0. The second kappa shape index (κ2) is 14.4. The fourth-order valence-corrected chi connectivity index (χ4v) is 9.31. The molecule has 1 aliphatic rings. The summed E-state index contributed by atoms with van der Waals surface area (Å²) in [6, 6.07) is 52.5. The lowest BCUT2D eigenvalue weighted by Gasteiger charge is -2.16. The zero-order valence-electron chi connectivity index (χ0n) is 32.8. The van der Waals surface area contributed by atoms with Gasteiger partial charge in [-0.3, -0.25) is 9.97 Å². The Kier molecular flexibility index (Phi) is 8.48. The Bertz CT molecular complexity index is 3280. The van der Waals surface area contributed by atoms with Gasteiger partial charge in [0.2, 0.25) is 0 Å². The summed E-state index contributed by atoms with van der Waals surface area (Å²) in [5.74, 6) is 0. The number of fused-ring (bicyclic) bond motifs is 2. The Labute approximate surface area is 343 Å². The number of nitrogens with zero attached hydrogens (tertiary/aromatic N) is 4. The standard InChI is InChI=1S/C55H40N4/c1-37-26-27-43-33-48-52(39-18-8-3-9-19-39)54(41-22-12-5-13-23-41)59(46-25-15-31-57-35-46)55(48)47-29-28-42(49(37)51(43)47)32-44-36-58(45-24-14-30-56-34-45)53(40-20-10-4-11-21-40)50(44)38-16-6-2-7-17-38/h2-4,6-12,14-36H,5,13H2,1H3/b42-32-. The molecule has 0 fully saturated rings. The van der Waals surface area contributed by atoms with Crippen molar-refractivity contribution < 1.29 is 0 Å². The number of benzene rings is 6. The van der Waals surface area contributed by atoms with Crippen LogP contribution in [0.15, 0.2) is 195 Å². The molecule has 0 spiro atoms. The summed E-state index contributed by atoms with van der Waals surface area (Å²) < 4.78 is 4.77. The van der Waals surface area contributed by atoms with Crippen LogP contribution in [0.25, 0.3) is 89.0 Å². The number of pyridine rings is 2. The van der Waals surface area contributed by atoms with E-state index in [1.807, 2.05) is 36.9 Å². The maximum Gasteiger partial charge on any atom is 0.0645 e. The van der Waals surface area contributed by atoms with E-state index in [2.05, 4.69) is 190 Å². The van der Waals surface area contributed by atoms with Crippen molar-refractivity contribution in [2.24, 2.45) is 0 Å². The third-order valence-corrected chi connectivity index (χ3v) is 11.8. The molecule has 4 heterocycles. The molecule has 4 aromatic heterocycles. The Morgan fingerprint density at radius 2 is 1.25 bits per heavy atom. The van der Waals surface area contributed by atoms with E-state index in [1.165, 1.54) is 76.8 Å². The molecule has 0 bridgehead atoms. The highest BCUT2D eigenvalue weighted by Gasteiger charge is 2.26. The van der Waals surface area contributed by atoms with Crippen LogP contribution in [-0.2, 0) is 0 Å². The minimum absolute atomic E-state index is 1.01. The van der Waals surface area contributed by atoms with E-state index in [1.54, 1.807) is 0 Å². The van der Waals surface area contributed by atoms with E-state index in [0.717, 1.165) is 41.0 Å². The van der Waals surface area contributed by atoms with Crippen LogP contribution in [0.3, 0.4) is 0 Å². The van der Waals surface area contributed by atoms with Crippen molar-refractivity contribution >= 4 is 44.1 Å². The minimum atomic E-state index is 1.01. The predicted molar refractivity (Wildman–Crippen MR) is 246 cm³/mol. The third-order valence-electron chi connectivity index (χ3n) is 11.8. The molecule has 0 atom stereocenters. The molecule has 0 radical (unpaired) electrons. The van der Waals surface area contributed by atoms with E-state index in [-0.39, 0.29) is 0 Å². The van der Waals surface area contributed by atoms with Gasteiger partial charge in [0.15, 0.2) is 0 Å².